The minimum atomic E-state index is -0.733. The van der Waals surface area contributed by atoms with E-state index in [0.29, 0.717) is 6.42 Å². The van der Waals surface area contributed by atoms with Crippen LogP contribution >= 0.6 is 0 Å². The summed E-state index contributed by atoms with van der Waals surface area (Å²) >= 11 is 0. The standard InChI is InChI=1S/C6H10O2.Na.H/c1-2-3-4-5-6(7)8;;/h2-3H,4-5H2,1H3,(H,7,8);;/b3-2+;;. The molecule has 0 unspecified atom stereocenters. The first-order valence-corrected chi connectivity index (χ1v) is 2.60. The van der Waals surface area contributed by atoms with Crippen molar-refractivity contribution in [3.05, 3.63) is 12.2 Å². The monoisotopic (exact) mass is 138 g/mol. The molecule has 0 saturated heterocycles. The van der Waals surface area contributed by atoms with Crippen LogP contribution in [0.5, 0.6) is 0 Å². The molecule has 0 fully saturated rings. The summed E-state index contributed by atoms with van der Waals surface area (Å²) in [6.45, 7) is 1.88. The number of hydrogen-bond acceptors (Lipinski definition) is 1. The summed E-state index contributed by atoms with van der Waals surface area (Å²) in [5, 5.41) is 8.11. The second-order valence-electron chi connectivity index (χ2n) is 1.50. The fraction of sp³-hybridized carbons (Fsp3) is 0.500. The Balaban J connectivity index is 0. The summed E-state index contributed by atoms with van der Waals surface area (Å²) < 4.78 is 0. The van der Waals surface area contributed by atoms with Gasteiger partial charge in [-0.25, -0.2) is 0 Å². The van der Waals surface area contributed by atoms with Gasteiger partial charge in [0.2, 0.25) is 0 Å². The molecule has 0 saturated carbocycles. The van der Waals surface area contributed by atoms with E-state index < -0.39 is 5.97 Å². The molecule has 48 valence electrons. The number of carbonyl (C=O) groups is 1. The van der Waals surface area contributed by atoms with Gasteiger partial charge in [0.05, 0.1) is 0 Å². The number of carboxylic acid groups (broad SMARTS) is 1. The van der Waals surface area contributed by atoms with Gasteiger partial charge >= 0.3 is 35.5 Å². The molecule has 0 rings (SSSR count). The average Bonchev–Trinajstić information content (AvgIpc) is 1.66. The molecule has 2 nitrogen and oxygen atoms in total. The van der Waals surface area contributed by atoms with Crippen LogP contribution in [0.4, 0.5) is 0 Å². The van der Waals surface area contributed by atoms with E-state index in [2.05, 4.69) is 0 Å². The van der Waals surface area contributed by atoms with Crippen molar-refractivity contribution in [3.63, 3.8) is 0 Å². The van der Waals surface area contributed by atoms with Crippen LogP contribution in [0.1, 0.15) is 19.8 Å². The van der Waals surface area contributed by atoms with Crippen molar-refractivity contribution in [2.75, 3.05) is 0 Å². The second-order valence-corrected chi connectivity index (χ2v) is 1.50. The number of rotatable bonds is 3. The third-order valence-corrected chi connectivity index (χ3v) is 0.761. The van der Waals surface area contributed by atoms with E-state index in [4.69, 9.17) is 5.11 Å². The third-order valence-electron chi connectivity index (χ3n) is 0.761. The van der Waals surface area contributed by atoms with E-state index in [1.54, 1.807) is 0 Å². The summed E-state index contributed by atoms with van der Waals surface area (Å²) in [4.78, 5) is 9.84. The number of allylic oxidation sites excluding steroid dienone is 2. The Morgan fingerprint density at radius 1 is 1.67 bits per heavy atom. The molecule has 0 amide bonds. The van der Waals surface area contributed by atoms with Crippen molar-refractivity contribution >= 4 is 35.5 Å². The Morgan fingerprint density at radius 3 is 2.56 bits per heavy atom. The molecule has 0 aromatic heterocycles. The first kappa shape index (κ1) is 11.9. The summed E-state index contributed by atoms with van der Waals surface area (Å²) in [6, 6.07) is 0. The predicted octanol–water partition coefficient (Wildman–Crippen LogP) is 0.779. The first-order chi connectivity index (χ1) is 3.77. The fourth-order valence-electron chi connectivity index (χ4n) is 0.373. The van der Waals surface area contributed by atoms with Gasteiger partial charge < -0.3 is 5.11 Å². The van der Waals surface area contributed by atoms with Crippen LogP contribution in [-0.2, 0) is 4.79 Å². The quantitative estimate of drug-likeness (QED) is 0.462. The van der Waals surface area contributed by atoms with Crippen LogP contribution in [-0.4, -0.2) is 40.6 Å². The van der Waals surface area contributed by atoms with E-state index in [1.165, 1.54) is 0 Å². The molecule has 0 heterocycles. The zero-order chi connectivity index (χ0) is 6.41. The van der Waals surface area contributed by atoms with E-state index >= 15 is 0 Å². The van der Waals surface area contributed by atoms with Gasteiger partial charge in [-0.1, -0.05) is 12.2 Å². The molecule has 1 N–H and O–H groups in total. The average molecular weight is 138 g/mol. The minimum absolute atomic E-state index is 0. The topological polar surface area (TPSA) is 37.3 Å². The Hall–Kier alpha value is 0.210. The van der Waals surface area contributed by atoms with Crippen molar-refractivity contribution in [2.24, 2.45) is 0 Å². The molecule has 0 atom stereocenters. The molecule has 0 bridgehead atoms. The van der Waals surface area contributed by atoms with Crippen LogP contribution in [0.3, 0.4) is 0 Å². The zero-order valence-electron chi connectivity index (χ0n) is 4.92. The summed E-state index contributed by atoms with van der Waals surface area (Å²) in [6.07, 6.45) is 4.58. The second kappa shape index (κ2) is 8.21. The van der Waals surface area contributed by atoms with E-state index in [1.807, 2.05) is 19.1 Å². The van der Waals surface area contributed by atoms with Crippen LogP contribution in [0.2, 0.25) is 0 Å². The van der Waals surface area contributed by atoms with Gasteiger partial charge in [0, 0.05) is 6.42 Å². The fourth-order valence-corrected chi connectivity index (χ4v) is 0.373. The molecule has 0 aliphatic heterocycles. The van der Waals surface area contributed by atoms with Crippen molar-refractivity contribution in [2.45, 2.75) is 19.8 Å². The third kappa shape index (κ3) is 11.7. The Morgan fingerprint density at radius 2 is 2.22 bits per heavy atom. The van der Waals surface area contributed by atoms with E-state index in [9.17, 15) is 4.79 Å². The summed E-state index contributed by atoms with van der Waals surface area (Å²) in [7, 11) is 0. The molecule has 0 radical (unpaired) electrons. The molecule has 0 aliphatic carbocycles. The molecule has 0 aromatic rings. The van der Waals surface area contributed by atoms with Gasteiger partial charge in [0.15, 0.2) is 0 Å². The number of hydrogen-bond donors (Lipinski definition) is 1. The van der Waals surface area contributed by atoms with Crippen molar-refractivity contribution in [1.82, 2.24) is 0 Å². The van der Waals surface area contributed by atoms with Crippen molar-refractivity contribution in [1.29, 1.82) is 0 Å². The Bertz CT molecular complexity index is 99.2. The molecule has 9 heavy (non-hydrogen) atoms. The number of carboxylic acids is 1. The van der Waals surface area contributed by atoms with Gasteiger partial charge in [-0.3, -0.25) is 4.79 Å². The van der Waals surface area contributed by atoms with Gasteiger partial charge in [-0.15, -0.1) is 0 Å². The van der Waals surface area contributed by atoms with Gasteiger partial charge in [0.1, 0.15) is 0 Å². The molecular formula is C6H11NaO2. The van der Waals surface area contributed by atoms with Crippen molar-refractivity contribution < 1.29 is 9.90 Å². The Labute approximate surface area is 77.2 Å². The van der Waals surface area contributed by atoms with Crippen LogP contribution in [0, 0.1) is 0 Å². The molecule has 3 heteroatoms. The molecular weight excluding hydrogens is 127 g/mol. The normalized spacial score (nSPS) is 9.00. The predicted molar refractivity (Wildman–Crippen MR) is 38.8 cm³/mol. The van der Waals surface area contributed by atoms with Crippen LogP contribution in [0.25, 0.3) is 0 Å². The zero-order valence-corrected chi connectivity index (χ0v) is 4.92. The number of aliphatic carboxylic acids is 1. The van der Waals surface area contributed by atoms with Gasteiger partial charge in [-0.05, 0) is 13.3 Å². The van der Waals surface area contributed by atoms with Crippen LogP contribution < -0.4 is 0 Å². The van der Waals surface area contributed by atoms with Crippen molar-refractivity contribution in [3.8, 4) is 0 Å². The Kier molecular flexibility index (Phi) is 10.9. The van der Waals surface area contributed by atoms with E-state index in [-0.39, 0.29) is 36.0 Å². The SMILES string of the molecule is C/C=C/CCC(=O)O.[NaH]. The molecule has 0 aromatic carbocycles. The molecule has 0 aliphatic rings. The maximum atomic E-state index is 9.84. The summed E-state index contributed by atoms with van der Waals surface area (Å²) in [5.41, 5.74) is 0. The molecule has 0 spiro atoms. The summed E-state index contributed by atoms with van der Waals surface area (Å²) in [5.74, 6) is -0.733. The van der Waals surface area contributed by atoms with E-state index in [0.717, 1.165) is 0 Å². The van der Waals surface area contributed by atoms with Gasteiger partial charge in [-0.2, -0.15) is 0 Å². The maximum absolute atomic E-state index is 9.84. The van der Waals surface area contributed by atoms with Gasteiger partial charge in [0.25, 0.3) is 0 Å². The first-order valence-electron chi connectivity index (χ1n) is 2.60. The van der Waals surface area contributed by atoms with Crippen LogP contribution in [0.15, 0.2) is 12.2 Å².